The first-order valence-corrected chi connectivity index (χ1v) is 7.03. The predicted molar refractivity (Wildman–Crippen MR) is 71.5 cm³/mol. The van der Waals surface area contributed by atoms with Crippen LogP contribution in [0.2, 0.25) is 5.02 Å². The summed E-state index contributed by atoms with van der Waals surface area (Å²) in [5, 5.41) is 10.5. The molecule has 0 amide bonds. The fraction of sp³-hybridized carbons (Fsp3) is 0.200. The van der Waals surface area contributed by atoms with E-state index in [-0.39, 0.29) is 22.2 Å². The monoisotopic (exact) mass is 305 g/mol. The minimum absolute atomic E-state index is 0.0263. The van der Waals surface area contributed by atoms with Gasteiger partial charge in [0.2, 0.25) is 10.0 Å². The van der Waals surface area contributed by atoms with Crippen molar-refractivity contribution in [3.8, 4) is 0 Å². The molecule has 7 nitrogen and oxygen atoms in total. The molecule has 1 aromatic carbocycles. The molecule has 0 aliphatic rings. The molecule has 3 N–H and O–H groups in total. The smallest absolute Gasteiger partial charge is 0.270 e. The van der Waals surface area contributed by atoms with Crippen molar-refractivity contribution in [2.24, 2.45) is 5.73 Å². The fourth-order valence-electron chi connectivity index (χ4n) is 1.23. The topological polar surface area (TPSA) is 115 Å². The molecule has 0 aliphatic carbocycles. The third-order valence-electron chi connectivity index (χ3n) is 2.11. The molecule has 0 fully saturated rings. The van der Waals surface area contributed by atoms with Crippen LogP contribution in [0, 0.1) is 10.1 Å². The molecule has 0 spiro atoms. The van der Waals surface area contributed by atoms with Gasteiger partial charge in [0.1, 0.15) is 4.90 Å². The predicted octanol–water partition coefficient (Wildman–Crippen LogP) is 1.04. The highest BCUT2D eigenvalue weighted by Gasteiger charge is 2.20. The number of nitrogens with one attached hydrogen (secondary N) is 1. The summed E-state index contributed by atoms with van der Waals surface area (Å²) in [5.74, 6) is 0. The molecule has 0 aliphatic heterocycles. The van der Waals surface area contributed by atoms with Crippen LogP contribution in [0.25, 0.3) is 0 Å². The van der Waals surface area contributed by atoms with Crippen LogP contribution in [-0.4, -0.2) is 26.4 Å². The van der Waals surface area contributed by atoms with E-state index in [0.29, 0.717) is 6.54 Å². The standard InChI is InChI=1S/C10H12ClN3O4S/c11-9-4-3-8(14(15)16)7-10(9)19(17,18)13-6-2-1-5-12/h1-4,7,13H,5-6,12H2/b2-1+. The number of nitrogens with zero attached hydrogens (tertiary/aromatic N) is 1. The van der Waals surface area contributed by atoms with Crippen molar-refractivity contribution in [2.45, 2.75) is 4.90 Å². The van der Waals surface area contributed by atoms with Crippen molar-refractivity contribution < 1.29 is 13.3 Å². The molecular weight excluding hydrogens is 294 g/mol. The molecule has 1 rings (SSSR count). The summed E-state index contributed by atoms with van der Waals surface area (Å²) in [5.41, 5.74) is 4.86. The number of sulfonamides is 1. The van der Waals surface area contributed by atoms with Gasteiger partial charge in [0.15, 0.2) is 0 Å². The van der Waals surface area contributed by atoms with Crippen LogP contribution >= 0.6 is 11.6 Å². The number of hydrogen-bond donors (Lipinski definition) is 2. The molecular formula is C10H12ClN3O4S. The van der Waals surface area contributed by atoms with Crippen LogP contribution in [0.15, 0.2) is 35.2 Å². The number of non-ortho nitro benzene ring substituents is 1. The SMILES string of the molecule is NC/C=C/CNS(=O)(=O)c1cc([N+](=O)[O-])ccc1Cl. The van der Waals surface area contributed by atoms with Crippen molar-refractivity contribution in [1.29, 1.82) is 0 Å². The first-order chi connectivity index (χ1) is 8.88. The van der Waals surface area contributed by atoms with Crippen LogP contribution in [0.5, 0.6) is 0 Å². The second kappa shape index (κ2) is 6.62. The van der Waals surface area contributed by atoms with Crippen molar-refractivity contribution >= 4 is 27.3 Å². The van der Waals surface area contributed by atoms with Gasteiger partial charge in [-0.2, -0.15) is 0 Å². The Bertz CT molecular complexity index is 601. The number of rotatable bonds is 6. The first kappa shape index (κ1) is 15.6. The summed E-state index contributed by atoms with van der Waals surface area (Å²) < 4.78 is 26.1. The molecule has 0 bridgehead atoms. The van der Waals surface area contributed by atoms with E-state index < -0.39 is 14.9 Å². The van der Waals surface area contributed by atoms with E-state index in [0.717, 1.165) is 12.1 Å². The zero-order valence-electron chi connectivity index (χ0n) is 9.74. The van der Waals surface area contributed by atoms with Gasteiger partial charge in [-0.15, -0.1) is 0 Å². The molecule has 0 saturated heterocycles. The Hall–Kier alpha value is -1.48. The van der Waals surface area contributed by atoms with Gasteiger partial charge in [-0.25, -0.2) is 13.1 Å². The minimum Gasteiger partial charge on any atom is -0.327 e. The number of nitrogens with two attached hydrogens (primary N) is 1. The highest BCUT2D eigenvalue weighted by atomic mass is 35.5. The van der Waals surface area contributed by atoms with Gasteiger partial charge in [0.05, 0.1) is 9.95 Å². The molecule has 0 unspecified atom stereocenters. The maximum atomic E-state index is 11.9. The van der Waals surface area contributed by atoms with Crippen molar-refractivity contribution in [3.63, 3.8) is 0 Å². The Morgan fingerprint density at radius 1 is 1.42 bits per heavy atom. The quantitative estimate of drug-likeness (QED) is 0.463. The molecule has 1 aromatic rings. The van der Waals surface area contributed by atoms with Crippen LogP contribution in [-0.2, 0) is 10.0 Å². The van der Waals surface area contributed by atoms with Gasteiger partial charge in [0.25, 0.3) is 5.69 Å². The summed E-state index contributed by atoms with van der Waals surface area (Å²) >= 11 is 5.75. The highest BCUT2D eigenvalue weighted by molar-refractivity contribution is 7.89. The van der Waals surface area contributed by atoms with Gasteiger partial charge < -0.3 is 5.73 Å². The molecule has 0 atom stereocenters. The Morgan fingerprint density at radius 2 is 2.11 bits per heavy atom. The lowest BCUT2D eigenvalue weighted by Gasteiger charge is -2.06. The lowest BCUT2D eigenvalue weighted by atomic mass is 10.3. The fourth-order valence-corrected chi connectivity index (χ4v) is 2.72. The zero-order chi connectivity index (χ0) is 14.5. The highest BCUT2D eigenvalue weighted by Crippen LogP contribution is 2.25. The van der Waals surface area contributed by atoms with E-state index in [1.807, 2.05) is 0 Å². The van der Waals surface area contributed by atoms with Gasteiger partial charge >= 0.3 is 0 Å². The second-order valence-electron chi connectivity index (χ2n) is 3.43. The van der Waals surface area contributed by atoms with Crippen molar-refractivity contribution in [2.75, 3.05) is 13.1 Å². The van der Waals surface area contributed by atoms with Gasteiger partial charge in [-0.1, -0.05) is 23.8 Å². The maximum Gasteiger partial charge on any atom is 0.270 e. The van der Waals surface area contributed by atoms with Crippen LogP contribution in [0.3, 0.4) is 0 Å². The Balaban J connectivity index is 3.03. The molecule has 0 aromatic heterocycles. The lowest BCUT2D eigenvalue weighted by molar-refractivity contribution is -0.385. The van der Waals surface area contributed by atoms with Crippen LogP contribution in [0.4, 0.5) is 5.69 Å². The second-order valence-corrected chi connectivity index (χ2v) is 5.57. The van der Waals surface area contributed by atoms with E-state index in [1.54, 1.807) is 6.08 Å². The summed E-state index contributed by atoms with van der Waals surface area (Å²) in [6.07, 6.45) is 3.11. The molecule has 0 saturated carbocycles. The van der Waals surface area contributed by atoms with Crippen LogP contribution < -0.4 is 10.5 Å². The third-order valence-corrected chi connectivity index (χ3v) is 4.01. The number of nitro groups is 1. The molecule has 9 heteroatoms. The average molecular weight is 306 g/mol. The zero-order valence-corrected chi connectivity index (χ0v) is 11.3. The summed E-state index contributed by atoms with van der Waals surface area (Å²) in [4.78, 5) is 9.59. The summed E-state index contributed by atoms with van der Waals surface area (Å²) in [6.45, 7) is 0.317. The molecule has 0 radical (unpaired) electrons. The Kier molecular flexibility index (Phi) is 5.43. The van der Waals surface area contributed by atoms with E-state index in [4.69, 9.17) is 17.3 Å². The van der Waals surface area contributed by atoms with Gasteiger partial charge in [0, 0.05) is 25.2 Å². The van der Waals surface area contributed by atoms with Crippen molar-refractivity contribution in [1.82, 2.24) is 4.72 Å². The largest absolute Gasteiger partial charge is 0.327 e. The van der Waals surface area contributed by atoms with E-state index in [2.05, 4.69) is 4.72 Å². The van der Waals surface area contributed by atoms with Gasteiger partial charge in [-0.3, -0.25) is 10.1 Å². The minimum atomic E-state index is -3.91. The lowest BCUT2D eigenvalue weighted by Crippen LogP contribution is -2.24. The Labute approximate surface area is 115 Å². The normalized spacial score (nSPS) is 11.9. The first-order valence-electron chi connectivity index (χ1n) is 5.17. The third kappa shape index (κ3) is 4.28. The number of hydrogen-bond acceptors (Lipinski definition) is 5. The number of benzene rings is 1. The molecule has 19 heavy (non-hydrogen) atoms. The van der Waals surface area contributed by atoms with Crippen LogP contribution in [0.1, 0.15) is 0 Å². The average Bonchev–Trinajstić information content (AvgIpc) is 2.34. The van der Waals surface area contributed by atoms with Crippen molar-refractivity contribution in [3.05, 3.63) is 45.5 Å². The van der Waals surface area contributed by atoms with E-state index >= 15 is 0 Å². The Morgan fingerprint density at radius 3 is 2.68 bits per heavy atom. The van der Waals surface area contributed by atoms with E-state index in [9.17, 15) is 18.5 Å². The van der Waals surface area contributed by atoms with Gasteiger partial charge in [-0.05, 0) is 6.07 Å². The maximum absolute atomic E-state index is 11.9. The summed E-state index contributed by atoms with van der Waals surface area (Å²) in [7, 11) is -3.91. The molecule has 104 valence electrons. The number of nitro benzene ring substituents is 1. The van der Waals surface area contributed by atoms with E-state index in [1.165, 1.54) is 12.1 Å². The number of halogens is 1. The molecule has 0 heterocycles. The summed E-state index contributed by atoms with van der Waals surface area (Å²) in [6, 6.07) is 3.22.